The Morgan fingerprint density at radius 3 is 2.46 bits per heavy atom. The fourth-order valence-corrected chi connectivity index (χ4v) is 7.79. The number of imidazole rings is 1. The van der Waals surface area contributed by atoms with Crippen LogP contribution in [0.1, 0.15) is 39.8 Å². The highest BCUT2D eigenvalue weighted by Gasteiger charge is 2.50. The predicted molar refractivity (Wildman–Crippen MR) is 178 cm³/mol. The van der Waals surface area contributed by atoms with Crippen LogP contribution < -0.4 is 16.4 Å². The van der Waals surface area contributed by atoms with Crippen molar-refractivity contribution in [2.24, 2.45) is 5.41 Å². The molecule has 2 unspecified atom stereocenters. The lowest BCUT2D eigenvalue weighted by molar-refractivity contribution is -0.137. The lowest BCUT2D eigenvalue weighted by Crippen LogP contribution is -2.46. The van der Waals surface area contributed by atoms with Crippen molar-refractivity contribution < 1.29 is 79.9 Å². The van der Waals surface area contributed by atoms with Crippen LogP contribution in [0, 0.1) is 5.41 Å². The summed E-state index contributed by atoms with van der Waals surface area (Å²) in [5.41, 5.74) is 4.30. The van der Waals surface area contributed by atoms with E-state index in [1.54, 1.807) is 0 Å². The Morgan fingerprint density at radius 2 is 1.79 bits per heavy atom. The van der Waals surface area contributed by atoms with E-state index in [1.807, 2.05) is 6.92 Å². The van der Waals surface area contributed by atoms with E-state index in [1.165, 1.54) is 25.9 Å². The SMILES string of the molecule is CCCOSCCNC(=O)CCNC(=O)[C@H](O)C(C)(C)COP(=O)(O)OP(=O)(O)OC[C@H]1O[C@@H](n2cnc3c(N)ncnc32)[C@H](O)[C@@H]1OP(=O)(O)O. The maximum Gasteiger partial charge on any atom is 0.481 e. The summed E-state index contributed by atoms with van der Waals surface area (Å²) in [5, 5.41) is 26.3. The van der Waals surface area contributed by atoms with E-state index >= 15 is 0 Å². The number of anilines is 1. The molecule has 24 nitrogen and oxygen atoms in total. The molecule has 2 aromatic heterocycles. The number of fused-ring (bicyclic) bond motifs is 1. The van der Waals surface area contributed by atoms with Crippen molar-refractivity contribution in [3.8, 4) is 0 Å². The number of amides is 2. The fraction of sp³-hybridized carbons (Fsp3) is 0.708. The minimum absolute atomic E-state index is 0.0367. The highest BCUT2D eigenvalue weighted by Crippen LogP contribution is 2.61. The Balaban J connectivity index is 1.53. The van der Waals surface area contributed by atoms with Crippen LogP contribution in [-0.4, -0.2) is 124 Å². The molecule has 2 amide bonds. The van der Waals surface area contributed by atoms with Crippen molar-refractivity contribution in [3.63, 3.8) is 0 Å². The van der Waals surface area contributed by atoms with Crippen molar-refractivity contribution in [1.29, 1.82) is 0 Å². The van der Waals surface area contributed by atoms with E-state index in [0.29, 0.717) is 18.9 Å². The molecule has 1 fully saturated rings. The van der Waals surface area contributed by atoms with Gasteiger partial charge >= 0.3 is 23.5 Å². The van der Waals surface area contributed by atoms with Gasteiger partial charge in [-0.1, -0.05) is 20.8 Å². The molecule has 10 N–H and O–H groups in total. The highest BCUT2D eigenvalue weighted by molar-refractivity contribution is 7.94. The topological polar surface area (TPSA) is 356 Å². The number of rotatable bonds is 22. The summed E-state index contributed by atoms with van der Waals surface area (Å²) in [6.45, 7) is 3.28. The molecule has 0 bridgehead atoms. The average Bonchev–Trinajstić information content (AvgIpc) is 3.60. The van der Waals surface area contributed by atoms with Gasteiger partial charge in [0, 0.05) is 30.7 Å². The van der Waals surface area contributed by atoms with Crippen LogP contribution >= 0.6 is 35.5 Å². The first-order valence-electron chi connectivity index (χ1n) is 15.3. The molecule has 0 spiro atoms. The van der Waals surface area contributed by atoms with Gasteiger partial charge in [0.2, 0.25) is 11.8 Å². The number of ether oxygens (including phenoxy) is 1. The van der Waals surface area contributed by atoms with E-state index in [0.717, 1.165) is 23.6 Å². The Hall–Kier alpha value is -2.15. The Labute approximate surface area is 300 Å². The molecule has 52 heavy (non-hydrogen) atoms. The molecule has 0 aromatic carbocycles. The molecule has 3 heterocycles. The molecule has 296 valence electrons. The Bertz CT molecular complexity index is 1670. The summed E-state index contributed by atoms with van der Waals surface area (Å²) in [7, 11) is -16.3. The number of aliphatic hydroxyl groups excluding tert-OH is 2. The lowest BCUT2D eigenvalue weighted by atomic mass is 9.87. The maximum absolute atomic E-state index is 12.6. The van der Waals surface area contributed by atoms with Crippen molar-refractivity contribution in [3.05, 3.63) is 12.7 Å². The van der Waals surface area contributed by atoms with Crippen molar-refractivity contribution in [1.82, 2.24) is 30.2 Å². The van der Waals surface area contributed by atoms with E-state index in [4.69, 9.17) is 23.7 Å². The van der Waals surface area contributed by atoms with E-state index < -0.39 is 78.6 Å². The zero-order chi connectivity index (χ0) is 38.9. The number of nitrogens with one attached hydrogen (secondary N) is 2. The second-order valence-electron chi connectivity index (χ2n) is 11.7. The van der Waals surface area contributed by atoms with Gasteiger partial charge in [0.25, 0.3) is 0 Å². The third-order valence-electron chi connectivity index (χ3n) is 6.96. The largest absolute Gasteiger partial charge is 0.481 e. The van der Waals surface area contributed by atoms with Gasteiger partial charge in [-0.25, -0.2) is 28.6 Å². The number of aliphatic hydroxyl groups is 2. The number of nitrogen functional groups attached to an aromatic ring is 1. The predicted octanol–water partition coefficient (Wildman–Crippen LogP) is -0.520. The molecule has 0 saturated carbocycles. The van der Waals surface area contributed by atoms with E-state index in [2.05, 4.69) is 34.4 Å². The van der Waals surface area contributed by atoms with Gasteiger partial charge in [-0.15, -0.1) is 0 Å². The molecule has 28 heteroatoms. The molecular formula is C24H42N7O17P3S. The molecule has 1 aliphatic heterocycles. The summed E-state index contributed by atoms with van der Waals surface area (Å²) in [5.74, 6) is -0.827. The minimum Gasteiger partial charge on any atom is -0.386 e. The molecule has 3 rings (SSSR count). The molecule has 7 atom stereocenters. The summed E-state index contributed by atoms with van der Waals surface area (Å²) in [6.07, 6.45) is -5.91. The van der Waals surface area contributed by atoms with Crippen molar-refractivity contribution >= 4 is 64.3 Å². The number of phosphoric acid groups is 3. The second kappa shape index (κ2) is 18.9. The van der Waals surface area contributed by atoms with Crippen LogP contribution in [0.25, 0.3) is 11.2 Å². The van der Waals surface area contributed by atoms with Crippen LogP contribution in [0.5, 0.6) is 0 Å². The molecule has 1 saturated heterocycles. The van der Waals surface area contributed by atoms with Crippen molar-refractivity contribution in [2.75, 3.05) is 44.4 Å². The number of hydrogen-bond acceptors (Lipinski definition) is 18. The van der Waals surface area contributed by atoms with Crippen LogP contribution in [-0.2, 0) is 50.1 Å². The Morgan fingerprint density at radius 1 is 1.10 bits per heavy atom. The van der Waals surface area contributed by atoms with Crippen LogP contribution in [0.15, 0.2) is 12.7 Å². The smallest absolute Gasteiger partial charge is 0.386 e. The van der Waals surface area contributed by atoms with Crippen molar-refractivity contribution in [2.45, 2.75) is 64.3 Å². The second-order valence-corrected chi connectivity index (χ2v) is 16.8. The summed E-state index contributed by atoms with van der Waals surface area (Å²) < 4.78 is 67.2. The fourth-order valence-electron chi connectivity index (χ4n) is 4.37. The maximum atomic E-state index is 12.6. The molecule has 2 aromatic rings. The van der Waals surface area contributed by atoms with Crippen LogP contribution in [0.4, 0.5) is 5.82 Å². The monoisotopic (exact) mass is 825 g/mol. The third-order valence-corrected chi connectivity index (χ3v) is 10.8. The quantitative estimate of drug-likeness (QED) is 0.0409. The van der Waals surface area contributed by atoms with E-state index in [-0.39, 0.29) is 35.9 Å². The van der Waals surface area contributed by atoms with Gasteiger partial charge in [0.05, 0.1) is 26.1 Å². The van der Waals surface area contributed by atoms with Crippen LogP contribution in [0.2, 0.25) is 0 Å². The van der Waals surface area contributed by atoms with Gasteiger partial charge < -0.3 is 55.1 Å². The van der Waals surface area contributed by atoms with E-state index in [9.17, 15) is 53.1 Å². The number of carbonyl (C=O) groups is 2. The number of carbonyl (C=O) groups excluding carboxylic acids is 2. The number of nitrogens with zero attached hydrogens (tertiary/aromatic N) is 4. The molecule has 1 aliphatic rings. The minimum atomic E-state index is -5.55. The standard InChI is InChI=1S/C24H42N7O17P3S/c1-4-8-45-52-9-7-26-15(32)5-6-27-22(35)19(34)24(2,3)11-44-51(41,42)48-50(39,40)43-10-14-18(47-49(36,37)38)17(33)23(46-14)31-13-30-16-20(25)28-12-29-21(16)31/h12-14,17-19,23,33-34H,4-11H2,1-3H3,(H,26,32)(H,27,35)(H,39,40)(H,41,42)(H2,25,28,29)(H2,36,37,38)/t14-,17-,18-,19+,23-/m1/s1. The summed E-state index contributed by atoms with van der Waals surface area (Å²) >= 11 is 1.21. The summed E-state index contributed by atoms with van der Waals surface area (Å²) in [4.78, 5) is 75.2. The number of nitrogens with two attached hydrogens (primary N) is 1. The number of hydrogen-bond donors (Lipinski definition) is 9. The average molecular weight is 826 g/mol. The Kier molecular flexibility index (Phi) is 16.1. The zero-order valence-electron chi connectivity index (χ0n) is 28.0. The van der Waals surface area contributed by atoms with Gasteiger partial charge in [-0.3, -0.25) is 27.7 Å². The first-order valence-corrected chi connectivity index (χ1v) is 20.7. The molecular weight excluding hydrogens is 783 g/mol. The van der Waals surface area contributed by atoms with Crippen LogP contribution in [0.3, 0.4) is 0 Å². The summed E-state index contributed by atoms with van der Waals surface area (Å²) in [6, 6.07) is 0. The lowest BCUT2D eigenvalue weighted by Gasteiger charge is -2.30. The number of aromatic nitrogens is 4. The highest BCUT2D eigenvalue weighted by atomic mass is 32.2. The zero-order valence-corrected chi connectivity index (χ0v) is 31.5. The molecule has 0 aliphatic carbocycles. The van der Waals surface area contributed by atoms with Gasteiger partial charge in [-0.2, -0.15) is 4.31 Å². The first kappa shape index (κ1) is 44.2. The normalized spacial score (nSPS) is 22.5. The molecule has 0 radical (unpaired) electrons. The van der Waals surface area contributed by atoms with Gasteiger partial charge in [0.15, 0.2) is 17.7 Å². The van der Waals surface area contributed by atoms with Gasteiger partial charge in [0.1, 0.15) is 36.3 Å². The first-order chi connectivity index (χ1) is 24.2. The number of phosphoric ester groups is 3. The third kappa shape index (κ3) is 13.3. The van der Waals surface area contributed by atoms with Gasteiger partial charge in [-0.05, 0) is 18.5 Å².